The van der Waals surface area contributed by atoms with Gasteiger partial charge in [0, 0.05) is 0 Å². The van der Waals surface area contributed by atoms with Gasteiger partial charge in [-0.3, -0.25) is 8.97 Å². The van der Waals surface area contributed by atoms with Gasteiger partial charge in [-0.25, -0.2) is 28.8 Å². The number of aliphatic carboxylic acids is 4. The molecule has 2 fully saturated rings. The van der Waals surface area contributed by atoms with Crippen molar-refractivity contribution in [2.24, 2.45) is 0 Å². The van der Waals surface area contributed by atoms with Gasteiger partial charge in [-0.1, -0.05) is 0 Å². The Bertz CT molecular complexity index is 835. The summed E-state index contributed by atoms with van der Waals surface area (Å²) in [6, 6.07) is 0. The van der Waals surface area contributed by atoms with Crippen molar-refractivity contribution in [2.45, 2.75) is 0 Å². The molecule has 24 heteroatoms. The average molecular weight is 680 g/mol. The third-order valence-corrected chi connectivity index (χ3v) is 4.95. The molecule has 0 amide bonds. The van der Waals surface area contributed by atoms with Crippen LogP contribution in [0.15, 0.2) is 0 Å². The number of nitrogens with zero attached hydrogens (tertiary/aromatic N) is 2. The third kappa shape index (κ3) is 23.9. The Morgan fingerprint density at radius 3 is 0.909 bits per heavy atom. The maximum atomic E-state index is 11.5. The second kappa shape index (κ2) is 27.7. The van der Waals surface area contributed by atoms with E-state index < -0.39 is 109 Å². The van der Waals surface area contributed by atoms with Crippen molar-refractivity contribution < 1.29 is 86.7 Å². The summed E-state index contributed by atoms with van der Waals surface area (Å²) in [4.78, 5) is 88.9. The third-order valence-electron chi connectivity index (χ3n) is 4.95. The number of rotatable bonds is 8. The summed E-state index contributed by atoms with van der Waals surface area (Å²) in [6.45, 7) is -5.82. The van der Waals surface area contributed by atoms with Gasteiger partial charge in [0.2, 0.25) is 0 Å². The molecule has 2 rings (SSSR count). The summed E-state index contributed by atoms with van der Waals surface area (Å²) in [5.74, 6) is -8.99. The molecule has 236 valence electrons. The van der Waals surface area contributed by atoms with Crippen LogP contribution < -0.4 is 22.5 Å². The van der Waals surface area contributed by atoms with Crippen LogP contribution in [-0.2, 0) is 57.3 Å². The predicted octanol–water partition coefficient (Wildman–Crippen LogP) is -8.79. The molecule has 0 radical (unpaired) electrons. The number of quaternary nitrogens is 2. The van der Waals surface area contributed by atoms with Crippen LogP contribution in [0.5, 0.6) is 0 Å². The number of ether oxygens (including phenoxy) is 4. The van der Waals surface area contributed by atoms with Crippen molar-refractivity contribution >= 4 is 166 Å². The maximum absolute atomic E-state index is 11.5. The van der Waals surface area contributed by atoms with Gasteiger partial charge in [0.25, 0.3) is 0 Å². The molecular weight excluding hydrogens is 644 g/mol. The number of hydrogen-bond acceptors (Lipinski definition) is 16. The fourth-order valence-corrected chi connectivity index (χ4v) is 3.69. The number of carboxylic acids is 4. The van der Waals surface area contributed by atoms with Crippen LogP contribution in [0, 0.1) is 0 Å². The first kappa shape index (κ1) is 56.0. The summed E-state index contributed by atoms with van der Waals surface area (Å²) in [7, 11) is 0. The fourth-order valence-electron chi connectivity index (χ4n) is 3.69. The minimum atomic E-state index is -1.60. The molecule has 0 bridgehead atoms. The molecule has 0 unspecified atom stereocenters. The van der Waals surface area contributed by atoms with Gasteiger partial charge in [-0.2, -0.15) is 0 Å². The van der Waals surface area contributed by atoms with Crippen LogP contribution in [-0.4, -0.2) is 264 Å². The quantitative estimate of drug-likeness (QED) is 0.0800. The fraction of sp³-hybridized carbons (Fsp3) is 0.600. The molecule has 0 saturated carbocycles. The van der Waals surface area contributed by atoms with Gasteiger partial charge in [0.1, 0.15) is 39.5 Å². The van der Waals surface area contributed by atoms with E-state index in [2.05, 4.69) is 9.47 Å². The van der Waals surface area contributed by atoms with E-state index in [1.165, 1.54) is 0 Å². The zero-order chi connectivity index (χ0) is 28.9. The van der Waals surface area contributed by atoms with E-state index in [4.69, 9.17) is 19.7 Å². The van der Waals surface area contributed by atoms with E-state index in [1.807, 2.05) is 0 Å². The van der Waals surface area contributed by atoms with E-state index in [1.54, 1.807) is 0 Å². The normalized spacial score (nSPS) is 16.7. The van der Waals surface area contributed by atoms with E-state index in [0.717, 1.165) is 0 Å². The number of carbonyl (C=O) groups is 8. The molecule has 2 aliphatic heterocycles. The van der Waals surface area contributed by atoms with Crippen LogP contribution in [0.1, 0.15) is 0 Å². The molecule has 0 aromatic heterocycles. The Labute approximate surface area is 339 Å². The average Bonchev–Trinajstić information content (AvgIpc) is 2.82. The standard InChI is InChI=1S/2C10H13NO8.2H3N.4Na.4H/c2*12-7(13)3-11(4-8(14)15)5-9(16)18-1-2-19-10(17)6-11;;;;;;;;;;/h2*1-6H2,(H-,12,13,14,15);2*1H3;;;;;;;;. The molecule has 8 N–H and O–H groups in total. The zero-order valence-corrected chi connectivity index (χ0v) is 21.4. The molecule has 2 saturated heterocycles. The molecule has 0 spiro atoms. The van der Waals surface area contributed by atoms with Gasteiger partial charge in [-0.05, 0) is 0 Å². The SMILES string of the molecule is N.N.O=C(O)C[N+]1(CC(=O)O)CC(=O)OCCOC(=O)C1.O=C([O-])C[N+]1(CC(=O)[O-])CC(=O)OCCOC(=O)C1.[NaH].[NaH].[NaH].[NaH]. The second-order valence-electron chi connectivity index (χ2n) is 8.36. The van der Waals surface area contributed by atoms with Crippen molar-refractivity contribution in [1.82, 2.24) is 12.3 Å². The van der Waals surface area contributed by atoms with Gasteiger partial charge < -0.3 is 61.3 Å². The molecule has 2 heterocycles. The zero-order valence-electron chi connectivity index (χ0n) is 21.4. The molecule has 0 aliphatic carbocycles. The van der Waals surface area contributed by atoms with E-state index in [0.29, 0.717) is 0 Å². The van der Waals surface area contributed by atoms with Crippen LogP contribution in [0.25, 0.3) is 0 Å². The first-order chi connectivity index (χ1) is 17.7. The number of cyclic esters (lactones) is 4. The van der Waals surface area contributed by atoms with Crippen molar-refractivity contribution in [2.75, 3.05) is 78.8 Å². The Morgan fingerprint density at radius 1 is 0.523 bits per heavy atom. The molecule has 0 atom stereocenters. The minimum absolute atomic E-state index is 0. The Kier molecular flexibility index (Phi) is 35.2. The Hall–Kier alpha value is -0.400. The van der Waals surface area contributed by atoms with Crippen LogP contribution in [0.3, 0.4) is 0 Å². The molecule has 0 aromatic carbocycles. The monoisotopic (exact) mass is 680 g/mol. The van der Waals surface area contributed by atoms with Crippen molar-refractivity contribution in [1.29, 1.82) is 0 Å². The topological polar surface area (TPSA) is 330 Å². The van der Waals surface area contributed by atoms with Crippen LogP contribution in [0.4, 0.5) is 0 Å². The van der Waals surface area contributed by atoms with Crippen molar-refractivity contribution in [3.05, 3.63) is 0 Å². The summed E-state index contributed by atoms with van der Waals surface area (Å²) in [6.07, 6.45) is 0. The predicted molar refractivity (Wildman–Crippen MR) is 147 cm³/mol. The number of hydrogen-bond donors (Lipinski definition) is 4. The second-order valence-corrected chi connectivity index (χ2v) is 8.36. The van der Waals surface area contributed by atoms with E-state index >= 15 is 0 Å². The van der Waals surface area contributed by atoms with Gasteiger partial charge >= 0.3 is 154 Å². The summed E-state index contributed by atoms with van der Waals surface area (Å²) < 4.78 is 17.1. The summed E-state index contributed by atoms with van der Waals surface area (Å²) >= 11 is 0. The van der Waals surface area contributed by atoms with Gasteiger partial charge in [0.15, 0.2) is 39.3 Å². The molecule has 44 heavy (non-hydrogen) atoms. The van der Waals surface area contributed by atoms with E-state index in [9.17, 15) is 48.6 Å². The summed E-state index contributed by atoms with van der Waals surface area (Å²) in [5, 5.41) is 39.1. The number of carbonyl (C=O) groups excluding carboxylic acids is 6. The van der Waals surface area contributed by atoms with Crippen molar-refractivity contribution in [3.63, 3.8) is 0 Å². The molecular formula is C20H36N4Na4O16. The first-order valence-corrected chi connectivity index (χ1v) is 10.8. The van der Waals surface area contributed by atoms with Crippen LogP contribution >= 0.6 is 0 Å². The summed E-state index contributed by atoms with van der Waals surface area (Å²) in [5.41, 5.74) is 0. The van der Waals surface area contributed by atoms with Gasteiger partial charge in [-0.15, -0.1) is 0 Å². The molecule has 20 nitrogen and oxygen atoms in total. The number of esters is 4. The van der Waals surface area contributed by atoms with Gasteiger partial charge in [0.05, 0.1) is 11.9 Å². The van der Waals surface area contributed by atoms with Crippen LogP contribution in [0.2, 0.25) is 0 Å². The molecule has 0 aromatic rings. The first-order valence-electron chi connectivity index (χ1n) is 10.8. The van der Waals surface area contributed by atoms with E-state index in [-0.39, 0.29) is 157 Å². The number of carboxylic acid groups (broad SMARTS) is 4. The Morgan fingerprint density at radius 2 is 0.727 bits per heavy atom. The molecule has 2 aliphatic rings. The Balaban J connectivity index is -0.000000144. The van der Waals surface area contributed by atoms with Crippen molar-refractivity contribution in [3.8, 4) is 0 Å².